The third-order valence-corrected chi connectivity index (χ3v) is 3.92. The molecule has 0 heterocycles. The Hall–Kier alpha value is -0.0500. The highest BCUT2D eigenvalue weighted by Gasteiger charge is 2.50. The Morgan fingerprint density at radius 1 is 1.62 bits per heavy atom. The number of benzene rings is 1. The third kappa shape index (κ3) is 1.51. The van der Waals surface area contributed by atoms with Crippen LogP contribution in [0.4, 0.5) is 0 Å². The molecule has 0 spiro atoms. The zero-order valence-electron chi connectivity index (χ0n) is 7.22. The van der Waals surface area contributed by atoms with E-state index in [-0.39, 0.29) is 0 Å². The van der Waals surface area contributed by atoms with Gasteiger partial charge < -0.3 is 5.11 Å². The average Bonchev–Trinajstić information content (AvgIpc) is 2.67. The van der Waals surface area contributed by atoms with Crippen molar-refractivity contribution >= 4 is 27.5 Å². The van der Waals surface area contributed by atoms with Gasteiger partial charge in [0.1, 0.15) is 0 Å². The normalized spacial score (nSPS) is 31.8. The molecule has 3 heteroatoms. The van der Waals surface area contributed by atoms with E-state index >= 15 is 0 Å². The Kier molecular flexibility index (Phi) is 2.17. The highest BCUT2D eigenvalue weighted by Crippen LogP contribution is 2.52. The SMILES string of the molecule is CC1CC1(O)c1ccc(Br)c(Cl)c1. The Labute approximate surface area is 90.9 Å². The van der Waals surface area contributed by atoms with Crippen molar-refractivity contribution in [2.75, 3.05) is 0 Å². The predicted octanol–water partition coefficient (Wildman–Crippen LogP) is 3.33. The van der Waals surface area contributed by atoms with Gasteiger partial charge >= 0.3 is 0 Å². The summed E-state index contributed by atoms with van der Waals surface area (Å²) in [5, 5.41) is 10.7. The quantitative estimate of drug-likeness (QED) is 0.822. The molecule has 0 aliphatic heterocycles. The number of hydrogen-bond donors (Lipinski definition) is 1. The van der Waals surface area contributed by atoms with E-state index in [1.54, 1.807) is 0 Å². The molecule has 1 nitrogen and oxygen atoms in total. The van der Waals surface area contributed by atoms with Gasteiger partial charge in [-0.25, -0.2) is 0 Å². The molecule has 1 aliphatic rings. The number of aliphatic hydroxyl groups is 1. The van der Waals surface area contributed by atoms with E-state index in [0.29, 0.717) is 10.9 Å². The summed E-state index contributed by atoms with van der Waals surface area (Å²) in [5.74, 6) is 0.352. The van der Waals surface area contributed by atoms with E-state index in [1.807, 2.05) is 25.1 Å². The van der Waals surface area contributed by atoms with Gasteiger partial charge in [-0.15, -0.1) is 0 Å². The highest BCUT2D eigenvalue weighted by molar-refractivity contribution is 9.10. The van der Waals surface area contributed by atoms with Crippen LogP contribution in [0.5, 0.6) is 0 Å². The lowest BCUT2D eigenvalue weighted by Crippen LogP contribution is -2.06. The summed E-state index contributed by atoms with van der Waals surface area (Å²) < 4.78 is 0.870. The minimum absolute atomic E-state index is 0.352. The van der Waals surface area contributed by atoms with Crippen LogP contribution in [0.1, 0.15) is 18.9 Å². The van der Waals surface area contributed by atoms with E-state index in [1.165, 1.54) is 0 Å². The summed E-state index contributed by atoms with van der Waals surface area (Å²) in [6.45, 7) is 2.04. The standard InChI is InChI=1S/C10H10BrClO/c1-6-5-10(6,13)7-2-3-8(11)9(12)4-7/h2-4,6,13H,5H2,1H3. The van der Waals surface area contributed by atoms with E-state index in [9.17, 15) is 5.11 Å². The summed E-state index contributed by atoms with van der Waals surface area (Å²) in [5.41, 5.74) is 0.304. The minimum atomic E-state index is -0.621. The summed E-state index contributed by atoms with van der Waals surface area (Å²) in [7, 11) is 0. The number of hydrogen-bond acceptors (Lipinski definition) is 1. The van der Waals surface area contributed by atoms with Crippen LogP contribution in [0.25, 0.3) is 0 Å². The van der Waals surface area contributed by atoms with Crippen molar-refractivity contribution in [1.29, 1.82) is 0 Å². The Morgan fingerprint density at radius 3 is 2.69 bits per heavy atom. The summed E-state index contributed by atoms with van der Waals surface area (Å²) in [6, 6.07) is 5.62. The maximum Gasteiger partial charge on any atom is 0.0927 e. The van der Waals surface area contributed by atoms with Crippen LogP contribution >= 0.6 is 27.5 Å². The molecule has 2 rings (SSSR count). The molecule has 70 valence electrons. The molecule has 1 aromatic rings. The van der Waals surface area contributed by atoms with Gasteiger partial charge in [-0.05, 0) is 46.0 Å². The van der Waals surface area contributed by atoms with E-state index in [4.69, 9.17) is 11.6 Å². The molecule has 0 amide bonds. The van der Waals surface area contributed by atoms with Gasteiger partial charge in [-0.1, -0.05) is 24.6 Å². The van der Waals surface area contributed by atoms with Crippen LogP contribution in [-0.2, 0) is 5.60 Å². The fourth-order valence-corrected chi connectivity index (χ4v) is 2.00. The highest BCUT2D eigenvalue weighted by atomic mass is 79.9. The Morgan fingerprint density at radius 2 is 2.23 bits per heavy atom. The first-order valence-corrected chi connectivity index (χ1v) is 5.39. The maximum absolute atomic E-state index is 10.0. The predicted molar refractivity (Wildman–Crippen MR) is 56.8 cm³/mol. The fraction of sp³-hybridized carbons (Fsp3) is 0.400. The van der Waals surface area contributed by atoms with Crippen molar-refractivity contribution in [2.24, 2.45) is 5.92 Å². The van der Waals surface area contributed by atoms with Crippen LogP contribution in [0.15, 0.2) is 22.7 Å². The van der Waals surface area contributed by atoms with Crippen molar-refractivity contribution in [3.8, 4) is 0 Å². The van der Waals surface area contributed by atoms with Gasteiger partial charge in [0.15, 0.2) is 0 Å². The second-order valence-corrected chi connectivity index (χ2v) is 4.92. The van der Waals surface area contributed by atoms with Crippen LogP contribution < -0.4 is 0 Å². The largest absolute Gasteiger partial charge is 0.385 e. The molecule has 0 radical (unpaired) electrons. The maximum atomic E-state index is 10.0. The molecule has 1 aliphatic carbocycles. The smallest absolute Gasteiger partial charge is 0.0927 e. The van der Waals surface area contributed by atoms with E-state index < -0.39 is 5.60 Å². The molecule has 1 saturated carbocycles. The first kappa shape index (κ1) is 9.50. The topological polar surface area (TPSA) is 20.2 Å². The lowest BCUT2D eigenvalue weighted by molar-refractivity contribution is 0.134. The average molecular weight is 262 g/mol. The molecule has 1 aromatic carbocycles. The van der Waals surface area contributed by atoms with E-state index in [0.717, 1.165) is 16.5 Å². The molecule has 2 unspecified atom stereocenters. The summed E-state index contributed by atoms with van der Waals surface area (Å²) >= 11 is 9.26. The van der Waals surface area contributed by atoms with Crippen LogP contribution in [-0.4, -0.2) is 5.11 Å². The summed E-state index contributed by atoms with van der Waals surface area (Å²) in [4.78, 5) is 0. The second-order valence-electron chi connectivity index (χ2n) is 3.66. The number of halogens is 2. The van der Waals surface area contributed by atoms with Crippen molar-refractivity contribution < 1.29 is 5.11 Å². The first-order valence-electron chi connectivity index (χ1n) is 4.22. The summed E-state index contributed by atoms with van der Waals surface area (Å²) in [6.07, 6.45) is 0.838. The zero-order valence-corrected chi connectivity index (χ0v) is 9.56. The molecule has 0 bridgehead atoms. The lowest BCUT2D eigenvalue weighted by atomic mass is 10.1. The minimum Gasteiger partial charge on any atom is -0.385 e. The lowest BCUT2D eigenvalue weighted by Gasteiger charge is -2.10. The van der Waals surface area contributed by atoms with Crippen LogP contribution in [0.3, 0.4) is 0 Å². The van der Waals surface area contributed by atoms with Crippen molar-refractivity contribution in [1.82, 2.24) is 0 Å². The Bertz CT molecular complexity index is 353. The van der Waals surface area contributed by atoms with Crippen molar-refractivity contribution in [3.05, 3.63) is 33.3 Å². The van der Waals surface area contributed by atoms with Crippen LogP contribution in [0, 0.1) is 5.92 Å². The van der Waals surface area contributed by atoms with E-state index in [2.05, 4.69) is 15.9 Å². The Balaban J connectivity index is 2.38. The van der Waals surface area contributed by atoms with Gasteiger partial charge in [0.2, 0.25) is 0 Å². The van der Waals surface area contributed by atoms with Gasteiger partial charge in [-0.3, -0.25) is 0 Å². The molecule has 13 heavy (non-hydrogen) atoms. The van der Waals surface area contributed by atoms with Crippen molar-refractivity contribution in [2.45, 2.75) is 18.9 Å². The first-order chi connectivity index (χ1) is 6.04. The monoisotopic (exact) mass is 260 g/mol. The molecular weight excluding hydrogens is 251 g/mol. The zero-order chi connectivity index (χ0) is 9.64. The van der Waals surface area contributed by atoms with Crippen molar-refractivity contribution in [3.63, 3.8) is 0 Å². The molecular formula is C10H10BrClO. The van der Waals surface area contributed by atoms with Gasteiger partial charge in [0.05, 0.1) is 10.6 Å². The van der Waals surface area contributed by atoms with Gasteiger partial charge in [0.25, 0.3) is 0 Å². The van der Waals surface area contributed by atoms with Gasteiger partial charge in [-0.2, -0.15) is 0 Å². The fourth-order valence-electron chi connectivity index (χ4n) is 1.58. The second kappa shape index (κ2) is 2.97. The molecule has 0 aromatic heterocycles. The third-order valence-electron chi connectivity index (χ3n) is 2.69. The molecule has 1 N–H and O–H groups in total. The molecule has 1 fully saturated rings. The molecule has 2 atom stereocenters. The van der Waals surface area contributed by atoms with Crippen LogP contribution in [0.2, 0.25) is 5.02 Å². The van der Waals surface area contributed by atoms with Gasteiger partial charge in [0, 0.05) is 4.47 Å². The number of rotatable bonds is 1. The molecule has 0 saturated heterocycles.